The van der Waals surface area contributed by atoms with Crippen molar-refractivity contribution in [3.63, 3.8) is 0 Å². The molecule has 2 aromatic heterocycles. The number of aryl methyl sites for hydroxylation is 2. The Labute approximate surface area is 157 Å². The van der Waals surface area contributed by atoms with Gasteiger partial charge in [0.1, 0.15) is 6.61 Å². The molecule has 3 aromatic rings. The van der Waals surface area contributed by atoms with Crippen LogP contribution in [0, 0.1) is 0 Å². The maximum atomic E-state index is 12.1. The van der Waals surface area contributed by atoms with E-state index in [-0.39, 0.29) is 45.0 Å². The van der Waals surface area contributed by atoms with Crippen molar-refractivity contribution >= 4 is 0 Å². The third-order valence-electron chi connectivity index (χ3n) is 3.38. The Morgan fingerprint density at radius 1 is 1.26 bits per heavy atom. The molecule has 2 heterocycles. The standard InChI is InChI=1S/C14H15N6O2.Y/c1-3-10-5-4-6-12(20-14(21)19(2)17-18-20)11(10)9-22-13-7-8-15-16-13;/h4-8H,3,9H2,1-2H3;/q-1;. The van der Waals surface area contributed by atoms with E-state index in [1.807, 2.05) is 25.1 Å². The van der Waals surface area contributed by atoms with Gasteiger partial charge in [0.2, 0.25) is 0 Å². The summed E-state index contributed by atoms with van der Waals surface area (Å²) in [6, 6.07) is 7.40. The smallest absolute Gasteiger partial charge is 0.368 e. The predicted molar refractivity (Wildman–Crippen MR) is 77.9 cm³/mol. The monoisotopic (exact) mass is 388 g/mol. The SMILES string of the molecule is CCc1cccc(-n2nnn(C)c2=O)c1COc1cc[n-]n1.[Y]. The van der Waals surface area contributed by atoms with E-state index in [2.05, 4.69) is 20.6 Å². The van der Waals surface area contributed by atoms with Gasteiger partial charge in [-0.05, 0) is 34.5 Å². The zero-order valence-corrected chi connectivity index (χ0v) is 15.7. The Morgan fingerprint density at radius 2 is 2.09 bits per heavy atom. The Kier molecular flexibility index (Phi) is 5.84. The van der Waals surface area contributed by atoms with Gasteiger partial charge in [0.05, 0.1) is 5.69 Å². The first-order valence-corrected chi connectivity index (χ1v) is 6.88. The second kappa shape index (κ2) is 7.65. The molecule has 3 rings (SSSR count). The fourth-order valence-electron chi connectivity index (χ4n) is 2.23. The van der Waals surface area contributed by atoms with E-state index >= 15 is 0 Å². The average molecular weight is 388 g/mol. The zero-order valence-electron chi connectivity index (χ0n) is 12.9. The van der Waals surface area contributed by atoms with Crippen LogP contribution in [0.3, 0.4) is 0 Å². The number of ether oxygens (including phenoxy) is 1. The van der Waals surface area contributed by atoms with E-state index in [0.29, 0.717) is 11.6 Å². The third-order valence-corrected chi connectivity index (χ3v) is 3.38. The van der Waals surface area contributed by atoms with Crippen LogP contribution in [0.2, 0.25) is 0 Å². The molecule has 23 heavy (non-hydrogen) atoms. The second-order valence-corrected chi connectivity index (χ2v) is 4.72. The van der Waals surface area contributed by atoms with Crippen LogP contribution in [0.15, 0.2) is 35.3 Å². The molecule has 0 spiro atoms. The van der Waals surface area contributed by atoms with Crippen molar-refractivity contribution in [2.24, 2.45) is 7.05 Å². The quantitative estimate of drug-likeness (QED) is 0.631. The summed E-state index contributed by atoms with van der Waals surface area (Å²) in [6.45, 7) is 2.32. The molecule has 0 fully saturated rings. The molecule has 0 aliphatic carbocycles. The number of hydrogen-bond acceptors (Lipinski definition) is 5. The van der Waals surface area contributed by atoms with Crippen molar-refractivity contribution < 1.29 is 37.4 Å². The van der Waals surface area contributed by atoms with E-state index in [0.717, 1.165) is 17.5 Å². The third kappa shape index (κ3) is 3.59. The van der Waals surface area contributed by atoms with Crippen molar-refractivity contribution in [3.8, 4) is 11.6 Å². The van der Waals surface area contributed by atoms with Crippen LogP contribution in [-0.2, 0) is 52.8 Å². The van der Waals surface area contributed by atoms with Crippen LogP contribution in [0.25, 0.3) is 5.69 Å². The Bertz CT molecular complexity index is 824. The normalized spacial score (nSPS) is 10.3. The van der Waals surface area contributed by atoms with Gasteiger partial charge in [-0.25, -0.2) is 4.79 Å². The van der Waals surface area contributed by atoms with Gasteiger partial charge in [-0.3, -0.25) is 0 Å². The first-order valence-electron chi connectivity index (χ1n) is 6.88. The summed E-state index contributed by atoms with van der Waals surface area (Å²) in [4.78, 5) is 12.1. The number of tetrazole rings is 1. The van der Waals surface area contributed by atoms with Gasteiger partial charge in [0, 0.05) is 45.3 Å². The first kappa shape index (κ1) is 17.6. The van der Waals surface area contributed by atoms with Gasteiger partial charge in [-0.2, -0.15) is 15.6 Å². The maximum Gasteiger partial charge on any atom is 0.368 e. The summed E-state index contributed by atoms with van der Waals surface area (Å²) in [7, 11) is 1.56. The van der Waals surface area contributed by atoms with Crippen LogP contribution in [0.5, 0.6) is 5.88 Å². The number of benzene rings is 1. The Morgan fingerprint density at radius 3 is 2.70 bits per heavy atom. The molecule has 117 valence electrons. The molecule has 0 atom stereocenters. The summed E-state index contributed by atoms with van der Waals surface area (Å²) in [5, 5.41) is 15.2. The molecular formula is C14H15N6O2Y-. The van der Waals surface area contributed by atoms with E-state index in [1.165, 1.54) is 9.36 Å². The Balaban J connectivity index is 0.00000192. The van der Waals surface area contributed by atoms with Crippen molar-refractivity contribution in [1.82, 2.24) is 30.0 Å². The van der Waals surface area contributed by atoms with Crippen molar-refractivity contribution in [2.45, 2.75) is 20.0 Å². The van der Waals surface area contributed by atoms with E-state index in [4.69, 9.17) is 4.74 Å². The maximum absolute atomic E-state index is 12.1. The van der Waals surface area contributed by atoms with Crippen LogP contribution in [0.4, 0.5) is 0 Å². The minimum absolute atomic E-state index is 0. The van der Waals surface area contributed by atoms with Crippen molar-refractivity contribution in [1.29, 1.82) is 0 Å². The summed E-state index contributed by atoms with van der Waals surface area (Å²) >= 11 is 0. The summed E-state index contributed by atoms with van der Waals surface area (Å²) < 4.78 is 8.10. The molecule has 0 saturated heterocycles. The van der Waals surface area contributed by atoms with Crippen LogP contribution < -0.4 is 15.5 Å². The molecule has 8 nitrogen and oxygen atoms in total. The molecule has 0 unspecified atom stereocenters. The van der Waals surface area contributed by atoms with Gasteiger partial charge in [-0.1, -0.05) is 19.1 Å². The first-order chi connectivity index (χ1) is 10.7. The summed E-state index contributed by atoms with van der Waals surface area (Å²) in [5.74, 6) is 0.448. The molecule has 0 bridgehead atoms. The second-order valence-electron chi connectivity index (χ2n) is 4.72. The van der Waals surface area contributed by atoms with Gasteiger partial charge in [-0.15, -0.1) is 0 Å². The minimum Gasteiger partial charge on any atom is -0.579 e. The van der Waals surface area contributed by atoms with E-state index < -0.39 is 0 Å². The van der Waals surface area contributed by atoms with Crippen molar-refractivity contribution in [3.05, 3.63) is 52.1 Å². The number of nitrogens with zero attached hydrogens (tertiary/aromatic N) is 6. The van der Waals surface area contributed by atoms with Crippen LogP contribution in [-0.4, -0.2) is 24.9 Å². The Hall–Kier alpha value is -1.80. The topological polar surface area (TPSA) is 88.9 Å². The summed E-state index contributed by atoms with van der Waals surface area (Å²) in [5.41, 5.74) is 2.32. The van der Waals surface area contributed by atoms with E-state index in [1.54, 1.807) is 19.3 Å². The number of hydrogen-bond donors (Lipinski definition) is 0. The van der Waals surface area contributed by atoms with Gasteiger partial charge in [0.25, 0.3) is 0 Å². The minimum atomic E-state index is -0.303. The molecule has 0 aliphatic rings. The fourth-order valence-corrected chi connectivity index (χ4v) is 2.23. The summed E-state index contributed by atoms with van der Waals surface area (Å²) in [6.07, 6.45) is 2.38. The number of aromatic nitrogens is 6. The number of rotatable bonds is 5. The predicted octanol–water partition coefficient (Wildman–Crippen LogP) is 0.457. The molecule has 0 N–H and O–H groups in total. The van der Waals surface area contributed by atoms with Gasteiger partial charge < -0.3 is 14.9 Å². The van der Waals surface area contributed by atoms with Crippen LogP contribution in [0.1, 0.15) is 18.1 Å². The largest absolute Gasteiger partial charge is 0.579 e. The molecular weight excluding hydrogens is 373 g/mol. The van der Waals surface area contributed by atoms with Crippen molar-refractivity contribution in [2.75, 3.05) is 0 Å². The molecule has 9 heteroatoms. The van der Waals surface area contributed by atoms with Crippen LogP contribution >= 0.6 is 0 Å². The molecule has 0 amide bonds. The zero-order chi connectivity index (χ0) is 15.5. The molecule has 0 aliphatic heterocycles. The average Bonchev–Trinajstić information content (AvgIpc) is 3.16. The van der Waals surface area contributed by atoms with Gasteiger partial charge >= 0.3 is 5.69 Å². The van der Waals surface area contributed by atoms with E-state index in [9.17, 15) is 4.79 Å². The molecule has 1 aromatic carbocycles. The molecule has 0 saturated carbocycles. The molecule has 1 radical (unpaired) electrons. The van der Waals surface area contributed by atoms with Gasteiger partial charge in [0.15, 0.2) is 5.88 Å². The fraction of sp³-hybridized carbons (Fsp3) is 0.286.